The highest BCUT2D eigenvalue weighted by molar-refractivity contribution is 5.77. The lowest BCUT2D eigenvalue weighted by atomic mass is 9.97. The number of oxazole rings is 1. The Bertz CT molecular complexity index is 849. The quantitative estimate of drug-likeness (QED) is 0.709. The van der Waals surface area contributed by atoms with Gasteiger partial charge < -0.3 is 19.8 Å². The third-order valence-electron chi connectivity index (χ3n) is 5.11. The molecule has 7 nitrogen and oxygen atoms in total. The number of ether oxygens (including phenoxy) is 1. The van der Waals surface area contributed by atoms with Gasteiger partial charge in [0.2, 0.25) is 5.91 Å². The summed E-state index contributed by atoms with van der Waals surface area (Å²) in [4.78, 5) is 28.9. The Morgan fingerprint density at radius 1 is 1.17 bits per heavy atom. The molecule has 1 aliphatic carbocycles. The smallest absolute Gasteiger partial charge is 0.407 e. The molecule has 162 valence electrons. The third-order valence-corrected chi connectivity index (χ3v) is 5.11. The van der Waals surface area contributed by atoms with Crippen LogP contribution < -0.4 is 10.6 Å². The molecule has 1 aliphatic rings. The highest BCUT2D eigenvalue weighted by atomic mass is 16.6. The Balaban J connectivity index is 1.51. The van der Waals surface area contributed by atoms with Crippen molar-refractivity contribution in [2.75, 3.05) is 6.54 Å². The number of aryl methyl sites for hydroxylation is 1. The fraction of sp³-hybridized carbons (Fsp3) is 0.522. The number of alkyl carbamates (subject to hydrolysis) is 1. The maximum atomic E-state index is 12.6. The molecule has 1 heterocycles. The number of amides is 2. The van der Waals surface area contributed by atoms with Gasteiger partial charge in [-0.15, -0.1) is 0 Å². The first-order valence-corrected chi connectivity index (χ1v) is 10.5. The molecule has 30 heavy (non-hydrogen) atoms. The lowest BCUT2D eigenvalue weighted by Crippen LogP contribution is -2.54. The van der Waals surface area contributed by atoms with Crippen LogP contribution in [0, 0.1) is 0 Å². The van der Waals surface area contributed by atoms with Crippen LogP contribution in [-0.2, 0) is 16.0 Å². The predicted molar refractivity (Wildman–Crippen MR) is 114 cm³/mol. The first-order valence-electron chi connectivity index (χ1n) is 10.5. The van der Waals surface area contributed by atoms with Crippen LogP contribution in [0.25, 0.3) is 11.3 Å². The second-order valence-electron chi connectivity index (χ2n) is 8.88. The van der Waals surface area contributed by atoms with E-state index in [0.717, 1.165) is 31.2 Å². The summed E-state index contributed by atoms with van der Waals surface area (Å²) in [5.74, 6) is 1.17. The topological polar surface area (TPSA) is 93.5 Å². The van der Waals surface area contributed by atoms with Crippen LogP contribution >= 0.6 is 0 Å². The monoisotopic (exact) mass is 413 g/mol. The maximum Gasteiger partial charge on any atom is 0.407 e. The van der Waals surface area contributed by atoms with E-state index < -0.39 is 17.2 Å². The van der Waals surface area contributed by atoms with Crippen molar-refractivity contribution in [1.82, 2.24) is 15.6 Å². The van der Waals surface area contributed by atoms with Crippen LogP contribution in [0.4, 0.5) is 4.79 Å². The molecule has 2 N–H and O–H groups in total. The molecule has 0 unspecified atom stereocenters. The average Bonchev–Trinajstić information content (AvgIpc) is 3.34. The van der Waals surface area contributed by atoms with Crippen LogP contribution in [0.3, 0.4) is 0 Å². The lowest BCUT2D eigenvalue weighted by Gasteiger charge is -2.31. The molecule has 0 saturated heterocycles. The molecule has 3 rings (SSSR count). The van der Waals surface area contributed by atoms with E-state index in [4.69, 9.17) is 9.15 Å². The summed E-state index contributed by atoms with van der Waals surface area (Å²) in [5, 5.41) is 5.96. The summed E-state index contributed by atoms with van der Waals surface area (Å²) in [6.07, 6.45) is 5.66. The fourth-order valence-electron chi connectivity index (χ4n) is 3.69. The van der Waals surface area contributed by atoms with Gasteiger partial charge in [0.05, 0.1) is 11.7 Å². The van der Waals surface area contributed by atoms with E-state index in [1.807, 2.05) is 51.1 Å². The summed E-state index contributed by atoms with van der Waals surface area (Å²) >= 11 is 0. The second-order valence-corrected chi connectivity index (χ2v) is 8.88. The van der Waals surface area contributed by atoms with Crippen molar-refractivity contribution >= 4 is 12.0 Å². The highest BCUT2D eigenvalue weighted by Gasteiger charge is 2.36. The Kier molecular flexibility index (Phi) is 6.80. The van der Waals surface area contributed by atoms with Gasteiger partial charge in [-0.05, 0) is 33.6 Å². The van der Waals surface area contributed by atoms with E-state index in [-0.39, 0.29) is 12.3 Å². The van der Waals surface area contributed by atoms with Crippen molar-refractivity contribution < 1.29 is 18.7 Å². The molecule has 0 aliphatic heterocycles. The molecule has 7 heteroatoms. The van der Waals surface area contributed by atoms with Crippen LogP contribution in [-0.4, -0.2) is 34.7 Å². The van der Waals surface area contributed by atoms with Crippen LogP contribution in [0.5, 0.6) is 0 Å². The zero-order valence-electron chi connectivity index (χ0n) is 18.0. The van der Waals surface area contributed by atoms with Gasteiger partial charge in [0.15, 0.2) is 11.7 Å². The van der Waals surface area contributed by atoms with E-state index in [0.29, 0.717) is 24.6 Å². The summed E-state index contributed by atoms with van der Waals surface area (Å²) in [7, 11) is 0. The largest absolute Gasteiger partial charge is 0.444 e. The fourth-order valence-corrected chi connectivity index (χ4v) is 3.69. The maximum absolute atomic E-state index is 12.6. The highest BCUT2D eigenvalue weighted by Crippen LogP contribution is 2.29. The molecular formula is C23H31N3O4. The van der Waals surface area contributed by atoms with Gasteiger partial charge in [-0.25, -0.2) is 9.78 Å². The summed E-state index contributed by atoms with van der Waals surface area (Å²) in [5.41, 5.74) is -0.0104. The minimum absolute atomic E-state index is 0.0673. The van der Waals surface area contributed by atoms with Crippen molar-refractivity contribution in [1.29, 1.82) is 0 Å². The van der Waals surface area contributed by atoms with E-state index >= 15 is 0 Å². The molecule has 1 fully saturated rings. The molecule has 1 aromatic carbocycles. The van der Waals surface area contributed by atoms with Crippen LogP contribution in [0.15, 0.2) is 40.9 Å². The number of carbonyl (C=O) groups excluding carboxylic acids is 2. The molecule has 0 spiro atoms. The Morgan fingerprint density at radius 3 is 2.53 bits per heavy atom. The number of nitrogens with one attached hydrogen (secondary N) is 2. The molecule has 2 aromatic rings. The van der Waals surface area contributed by atoms with Crippen LogP contribution in [0.1, 0.15) is 58.8 Å². The van der Waals surface area contributed by atoms with Gasteiger partial charge in [-0.1, -0.05) is 43.2 Å². The average molecular weight is 414 g/mol. The van der Waals surface area contributed by atoms with Gasteiger partial charge in [0.25, 0.3) is 0 Å². The number of hydrogen-bond acceptors (Lipinski definition) is 5. The van der Waals surface area contributed by atoms with Crippen molar-refractivity contribution in [3.8, 4) is 11.3 Å². The molecular weight excluding hydrogens is 382 g/mol. The lowest BCUT2D eigenvalue weighted by molar-refractivity contribution is -0.123. The standard InChI is InChI=1S/C23H31N3O4/c1-22(2,3)30-21(28)25-16-23(13-7-8-14-23)26-19(27)11-12-20-24-15-18(29-20)17-9-5-4-6-10-17/h4-6,9-10,15H,7-8,11-14,16H2,1-3H3,(H,25,28)(H,26,27). The third kappa shape index (κ3) is 6.34. The van der Waals surface area contributed by atoms with E-state index in [9.17, 15) is 9.59 Å². The van der Waals surface area contributed by atoms with E-state index in [1.165, 1.54) is 0 Å². The van der Waals surface area contributed by atoms with E-state index in [2.05, 4.69) is 15.6 Å². The SMILES string of the molecule is CC(C)(C)OC(=O)NCC1(NC(=O)CCc2ncc(-c3ccccc3)o2)CCCC1. The zero-order chi connectivity index (χ0) is 21.6. The molecule has 1 saturated carbocycles. The van der Waals surface area contributed by atoms with Gasteiger partial charge in [-0.2, -0.15) is 0 Å². The van der Waals surface area contributed by atoms with Gasteiger partial charge >= 0.3 is 6.09 Å². The van der Waals surface area contributed by atoms with Crippen molar-refractivity contribution in [3.05, 3.63) is 42.4 Å². The Hall–Kier alpha value is -2.83. The molecule has 2 amide bonds. The molecule has 1 aromatic heterocycles. The molecule has 0 bridgehead atoms. The molecule has 0 radical (unpaired) electrons. The van der Waals surface area contributed by atoms with Gasteiger partial charge in [0.1, 0.15) is 5.60 Å². The minimum atomic E-state index is -0.551. The first kappa shape index (κ1) is 21.9. The number of rotatable bonds is 7. The summed E-state index contributed by atoms with van der Waals surface area (Å²) in [6, 6.07) is 9.74. The number of nitrogens with zero attached hydrogens (tertiary/aromatic N) is 1. The van der Waals surface area contributed by atoms with Gasteiger partial charge in [0, 0.05) is 24.9 Å². The Labute approximate surface area is 177 Å². The van der Waals surface area contributed by atoms with Crippen molar-refractivity contribution in [2.24, 2.45) is 0 Å². The summed E-state index contributed by atoms with van der Waals surface area (Å²) < 4.78 is 11.1. The van der Waals surface area contributed by atoms with Crippen molar-refractivity contribution in [2.45, 2.75) is 70.4 Å². The molecule has 0 atom stereocenters. The predicted octanol–water partition coefficient (Wildman–Crippen LogP) is 4.23. The number of carbonyl (C=O) groups is 2. The number of hydrogen-bond donors (Lipinski definition) is 2. The minimum Gasteiger partial charge on any atom is -0.444 e. The van der Waals surface area contributed by atoms with Crippen molar-refractivity contribution in [3.63, 3.8) is 0 Å². The number of aromatic nitrogens is 1. The zero-order valence-corrected chi connectivity index (χ0v) is 18.0. The summed E-state index contributed by atoms with van der Waals surface area (Å²) in [6.45, 7) is 5.84. The van der Waals surface area contributed by atoms with Gasteiger partial charge in [-0.3, -0.25) is 4.79 Å². The Morgan fingerprint density at radius 2 is 1.87 bits per heavy atom. The number of benzene rings is 1. The van der Waals surface area contributed by atoms with E-state index in [1.54, 1.807) is 6.20 Å². The second kappa shape index (κ2) is 9.32. The first-order chi connectivity index (χ1) is 14.2. The normalized spacial score (nSPS) is 15.6. The van der Waals surface area contributed by atoms with Crippen LogP contribution in [0.2, 0.25) is 0 Å².